The molecule has 0 bridgehead atoms. The highest BCUT2D eigenvalue weighted by Crippen LogP contribution is 2.30. The molecule has 0 saturated carbocycles. The molecular formula is C21H27NO3S. The van der Waals surface area contributed by atoms with Gasteiger partial charge in [-0.2, -0.15) is 11.8 Å². The van der Waals surface area contributed by atoms with E-state index in [0.29, 0.717) is 24.5 Å². The van der Waals surface area contributed by atoms with Gasteiger partial charge in [-0.05, 0) is 62.4 Å². The highest BCUT2D eigenvalue weighted by Gasteiger charge is 2.14. The van der Waals surface area contributed by atoms with Crippen molar-refractivity contribution in [2.45, 2.75) is 32.6 Å². The van der Waals surface area contributed by atoms with Crippen molar-refractivity contribution in [2.75, 3.05) is 19.5 Å². The Bertz CT molecular complexity index is 733. The number of carbonyl (C=O) groups excluding carboxylic acids is 1. The lowest BCUT2D eigenvalue weighted by Gasteiger charge is -2.18. The monoisotopic (exact) mass is 373 g/mol. The summed E-state index contributed by atoms with van der Waals surface area (Å²) in [6.07, 6.45) is 2.05. The van der Waals surface area contributed by atoms with Gasteiger partial charge in [0.15, 0.2) is 11.5 Å². The van der Waals surface area contributed by atoms with Crippen molar-refractivity contribution >= 4 is 17.7 Å². The molecule has 0 aliphatic rings. The summed E-state index contributed by atoms with van der Waals surface area (Å²) in [5.41, 5.74) is 2.81. The first kappa shape index (κ1) is 20.2. The molecule has 1 atom stereocenters. The number of ether oxygens (including phenoxy) is 2. The van der Waals surface area contributed by atoms with Gasteiger partial charge in [-0.1, -0.05) is 18.2 Å². The van der Waals surface area contributed by atoms with E-state index in [1.807, 2.05) is 63.2 Å². The van der Waals surface area contributed by atoms with E-state index in [1.165, 1.54) is 0 Å². The highest BCUT2D eigenvalue weighted by molar-refractivity contribution is 7.97. The minimum Gasteiger partial charge on any atom is -0.490 e. The van der Waals surface area contributed by atoms with Crippen LogP contribution in [0.4, 0.5) is 0 Å². The van der Waals surface area contributed by atoms with E-state index in [0.717, 1.165) is 22.6 Å². The molecule has 2 rings (SSSR count). The lowest BCUT2D eigenvalue weighted by atomic mass is 10.1. The maximum atomic E-state index is 12.6. The number of carbonyl (C=O) groups is 1. The van der Waals surface area contributed by atoms with Crippen LogP contribution in [0.25, 0.3) is 0 Å². The Hall–Kier alpha value is -2.14. The lowest BCUT2D eigenvalue weighted by Crippen LogP contribution is -2.26. The van der Waals surface area contributed by atoms with Crippen molar-refractivity contribution in [3.8, 4) is 11.5 Å². The predicted molar refractivity (Wildman–Crippen MR) is 108 cm³/mol. The summed E-state index contributed by atoms with van der Waals surface area (Å²) in [7, 11) is 0. The third-order valence-electron chi connectivity index (χ3n) is 3.92. The molecule has 0 aromatic heterocycles. The number of rotatable bonds is 9. The average molecular weight is 374 g/mol. The Labute approximate surface area is 160 Å². The molecule has 5 heteroatoms. The molecule has 140 valence electrons. The standard InChI is InChI=1S/C21H27NO3S/c1-5-24-19-11-10-17(13-20(19)25-6-2)15(3)22-21(23)18-9-7-8-16(12-18)14-26-4/h7-13,15H,5-6,14H2,1-4H3,(H,22,23)/t15-/m0/s1. The third kappa shape index (κ3) is 5.43. The predicted octanol–water partition coefficient (Wildman–Crippen LogP) is 4.84. The Morgan fingerprint density at radius 3 is 2.50 bits per heavy atom. The molecule has 0 aliphatic carbocycles. The summed E-state index contributed by atoms with van der Waals surface area (Å²) in [5.74, 6) is 2.25. The number of benzene rings is 2. The van der Waals surface area contributed by atoms with Crippen LogP contribution in [0.3, 0.4) is 0 Å². The van der Waals surface area contributed by atoms with Crippen molar-refractivity contribution in [3.05, 3.63) is 59.2 Å². The molecule has 0 radical (unpaired) electrons. The number of thioether (sulfide) groups is 1. The summed E-state index contributed by atoms with van der Waals surface area (Å²) in [6.45, 7) is 6.99. The molecule has 0 spiro atoms. The lowest BCUT2D eigenvalue weighted by molar-refractivity contribution is 0.0939. The Kier molecular flexibility index (Phi) is 7.85. The molecule has 26 heavy (non-hydrogen) atoms. The van der Waals surface area contributed by atoms with Crippen LogP contribution in [-0.2, 0) is 5.75 Å². The van der Waals surface area contributed by atoms with Crippen molar-refractivity contribution in [2.24, 2.45) is 0 Å². The Morgan fingerprint density at radius 2 is 1.81 bits per heavy atom. The first-order valence-corrected chi connectivity index (χ1v) is 10.3. The van der Waals surface area contributed by atoms with Crippen LogP contribution in [0.1, 0.15) is 48.3 Å². The van der Waals surface area contributed by atoms with E-state index < -0.39 is 0 Å². The van der Waals surface area contributed by atoms with E-state index in [2.05, 4.69) is 11.6 Å². The van der Waals surface area contributed by atoms with E-state index >= 15 is 0 Å². The second-order valence-electron chi connectivity index (χ2n) is 5.90. The summed E-state index contributed by atoms with van der Waals surface area (Å²) >= 11 is 1.74. The van der Waals surface area contributed by atoms with Crippen LogP contribution >= 0.6 is 11.8 Å². The zero-order chi connectivity index (χ0) is 18.9. The van der Waals surface area contributed by atoms with E-state index in [4.69, 9.17) is 9.47 Å². The number of nitrogens with one attached hydrogen (secondary N) is 1. The van der Waals surface area contributed by atoms with Crippen LogP contribution in [-0.4, -0.2) is 25.4 Å². The van der Waals surface area contributed by atoms with Crippen molar-refractivity contribution in [1.82, 2.24) is 5.32 Å². The van der Waals surface area contributed by atoms with Crippen molar-refractivity contribution in [1.29, 1.82) is 0 Å². The zero-order valence-electron chi connectivity index (χ0n) is 15.9. The summed E-state index contributed by atoms with van der Waals surface area (Å²) in [6, 6.07) is 13.4. The zero-order valence-corrected chi connectivity index (χ0v) is 16.7. The largest absolute Gasteiger partial charge is 0.490 e. The van der Waals surface area contributed by atoms with Gasteiger partial charge >= 0.3 is 0 Å². The van der Waals surface area contributed by atoms with Gasteiger partial charge in [0.2, 0.25) is 0 Å². The molecule has 0 heterocycles. The molecule has 2 aromatic carbocycles. The number of hydrogen-bond donors (Lipinski definition) is 1. The molecule has 0 fully saturated rings. The molecule has 2 aromatic rings. The average Bonchev–Trinajstić information content (AvgIpc) is 2.64. The Morgan fingerprint density at radius 1 is 1.08 bits per heavy atom. The van der Waals surface area contributed by atoms with Gasteiger partial charge in [0.25, 0.3) is 5.91 Å². The topological polar surface area (TPSA) is 47.6 Å². The molecule has 4 nitrogen and oxygen atoms in total. The van der Waals surface area contributed by atoms with Crippen molar-refractivity contribution in [3.63, 3.8) is 0 Å². The molecule has 1 N–H and O–H groups in total. The minimum atomic E-state index is -0.137. The molecular weight excluding hydrogens is 346 g/mol. The fourth-order valence-corrected chi connectivity index (χ4v) is 3.18. The maximum absolute atomic E-state index is 12.6. The van der Waals surface area contributed by atoms with E-state index in [1.54, 1.807) is 11.8 Å². The summed E-state index contributed by atoms with van der Waals surface area (Å²) in [4.78, 5) is 12.6. The van der Waals surface area contributed by atoms with Gasteiger partial charge < -0.3 is 14.8 Å². The second kappa shape index (κ2) is 10.1. The highest BCUT2D eigenvalue weighted by atomic mass is 32.2. The number of hydrogen-bond acceptors (Lipinski definition) is 4. The van der Waals surface area contributed by atoms with Gasteiger partial charge in [-0.15, -0.1) is 0 Å². The molecule has 0 unspecified atom stereocenters. The Balaban J connectivity index is 2.13. The van der Waals surface area contributed by atoms with Gasteiger partial charge in [0.05, 0.1) is 19.3 Å². The van der Waals surface area contributed by atoms with Gasteiger partial charge in [0, 0.05) is 11.3 Å². The molecule has 0 saturated heterocycles. The fourth-order valence-electron chi connectivity index (χ4n) is 2.67. The number of amides is 1. The van der Waals surface area contributed by atoms with E-state index in [9.17, 15) is 4.79 Å². The second-order valence-corrected chi connectivity index (χ2v) is 6.77. The van der Waals surface area contributed by atoms with Crippen LogP contribution in [0.15, 0.2) is 42.5 Å². The smallest absolute Gasteiger partial charge is 0.251 e. The summed E-state index contributed by atoms with van der Waals surface area (Å²) < 4.78 is 11.3. The van der Waals surface area contributed by atoms with Crippen LogP contribution < -0.4 is 14.8 Å². The maximum Gasteiger partial charge on any atom is 0.251 e. The molecule has 1 amide bonds. The quantitative estimate of drug-likeness (QED) is 0.683. The first-order chi connectivity index (χ1) is 12.6. The van der Waals surface area contributed by atoms with Gasteiger partial charge in [0.1, 0.15) is 0 Å². The SMILES string of the molecule is CCOc1ccc([C@H](C)NC(=O)c2cccc(CSC)c2)cc1OCC. The summed E-state index contributed by atoms with van der Waals surface area (Å²) in [5, 5.41) is 3.06. The van der Waals surface area contributed by atoms with E-state index in [-0.39, 0.29) is 11.9 Å². The van der Waals surface area contributed by atoms with Crippen LogP contribution in [0.5, 0.6) is 11.5 Å². The minimum absolute atomic E-state index is 0.0766. The fraction of sp³-hybridized carbons (Fsp3) is 0.381. The van der Waals surface area contributed by atoms with Crippen LogP contribution in [0.2, 0.25) is 0 Å². The first-order valence-electron chi connectivity index (χ1n) is 8.87. The molecule has 0 aliphatic heterocycles. The van der Waals surface area contributed by atoms with Gasteiger partial charge in [-0.3, -0.25) is 4.79 Å². The third-order valence-corrected chi connectivity index (χ3v) is 4.54. The van der Waals surface area contributed by atoms with Crippen molar-refractivity contribution < 1.29 is 14.3 Å². The normalized spacial score (nSPS) is 11.7. The van der Waals surface area contributed by atoms with Crippen LogP contribution in [0, 0.1) is 0 Å². The van der Waals surface area contributed by atoms with Gasteiger partial charge in [-0.25, -0.2) is 0 Å².